The lowest BCUT2D eigenvalue weighted by molar-refractivity contribution is 0.0987. The second kappa shape index (κ2) is 2.64. The molecule has 2 atom stereocenters. The van der Waals surface area contributed by atoms with E-state index in [-0.39, 0.29) is 5.62 Å². The van der Waals surface area contributed by atoms with Gasteiger partial charge in [-0.05, 0) is 6.42 Å². The number of rotatable bonds is 0. The number of alkyl halides is 1. The van der Waals surface area contributed by atoms with Gasteiger partial charge in [0.15, 0.2) is 0 Å². The van der Waals surface area contributed by atoms with Crippen LogP contribution in [0.1, 0.15) is 6.42 Å². The summed E-state index contributed by atoms with van der Waals surface area (Å²) in [5.41, 5.74) is -0.265. The topological polar surface area (TPSA) is 44.3 Å². The Bertz CT molecular complexity index is 72.4. The van der Waals surface area contributed by atoms with Gasteiger partial charge in [-0.1, -0.05) is 11.6 Å². The molecular weight excluding hydrogens is 128 g/mol. The molecule has 0 radical (unpaired) electrons. The Balaban J connectivity index is 2.23. The third kappa shape index (κ3) is 1.59. The minimum absolute atomic E-state index is 0.265. The summed E-state index contributed by atoms with van der Waals surface area (Å²) in [5, 5.41) is 14.4. The molecule has 0 aromatic heterocycles. The van der Waals surface area contributed by atoms with Crippen LogP contribution in [0.25, 0.3) is 0 Å². The summed E-state index contributed by atoms with van der Waals surface area (Å²) in [6.45, 7) is 0.780. The van der Waals surface area contributed by atoms with Crippen LogP contribution in [-0.4, -0.2) is 23.5 Å². The molecule has 48 valence electrons. The van der Waals surface area contributed by atoms with Gasteiger partial charge in [0.05, 0.1) is 0 Å². The Morgan fingerprint density at radius 2 is 2.38 bits per heavy atom. The van der Waals surface area contributed by atoms with E-state index in [1.165, 1.54) is 0 Å². The lowest BCUT2D eigenvalue weighted by Gasteiger charge is -2.23. The fourth-order valence-electron chi connectivity index (χ4n) is 0.658. The summed E-state index contributed by atoms with van der Waals surface area (Å²) in [6, 6.07) is 0. The van der Waals surface area contributed by atoms with Crippen molar-refractivity contribution in [1.82, 2.24) is 10.6 Å². The lowest BCUT2D eigenvalue weighted by Crippen LogP contribution is -2.50. The Hall–Kier alpha value is 0.170. The maximum absolute atomic E-state index is 8.84. The van der Waals surface area contributed by atoms with Gasteiger partial charge >= 0.3 is 0 Å². The van der Waals surface area contributed by atoms with E-state index in [1.54, 1.807) is 0 Å². The largest absolute Gasteiger partial charge is 0.378 e. The van der Waals surface area contributed by atoms with E-state index in [4.69, 9.17) is 16.7 Å². The van der Waals surface area contributed by atoms with Crippen molar-refractivity contribution in [2.24, 2.45) is 0 Å². The van der Waals surface area contributed by atoms with Crippen molar-refractivity contribution >= 4 is 11.6 Å². The van der Waals surface area contributed by atoms with Crippen molar-refractivity contribution in [3.8, 4) is 0 Å². The van der Waals surface area contributed by atoms with Crippen LogP contribution in [0.5, 0.6) is 0 Å². The highest BCUT2D eigenvalue weighted by molar-refractivity contribution is 6.20. The zero-order chi connectivity index (χ0) is 5.98. The van der Waals surface area contributed by atoms with Crippen molar-refractivity contribution in [3.05, 3.63) is 0 Å². The van der Waals surface area contributed by atoms with Crippen LogP contribution < -0.4 is 10.6 Å². The zero-order valence-corrected chi connectivity index (χ0v) is 5.15. The van der Waals surface area contributed by atoms with Gasteiger partial charge in [-0.25, -0.2) is 0 Å². The van der Waals surface area contributed by atoms with Crippen molar-refractivity contribution in [3.63, 3.8) is 0 Å². The number of aliphatic hydroxyl groups excluding tert-OH is 1. The first kappa shape index (κ1) is 6.29. The lowest BCUT2D eigenvalue weighted by atomic mass is 10.3. The van der Waals surface area contributed by atoms with Crippen LogP contribution in [0.2, 0.25) is 0 Å². The molecule has 0 saturated carbocycles. The summed E-state index contributed by atoms with van der Waals surface area (Å²) in [5.74, 6) is 0. The van der Waals surface area contributed by atoms with Crippen LogP contribution >= 0.6 is 11.6 Å². The molecule has 3 nitrogen and oxygen atoms in total. The molecule has 1 saturated heterocycles. The zero-order valence-electron chi connectivity index (χ0n) is 4.39. The van der Waals surface area contributed by atoms with Crippen LogP contribution in [0.4, 0.5) is 0 Å². The van der Waals surface area contributed by atoms with Gasteiger partial charge in [0.1, 0.15) is 11.9 Å². The Kier molecular flexibility index (Phi) is 2.08. The molecule has 1 aliphatic heterocycles. The number of nitrogens with one attached hydrogen (secondary N) is 2. The Morgan fingerprint density at radius 3 is 2.75 bits per heavy atom. The van der Waals surface area contributed by atoms with E-state index >= 15 is 0 Å². The van der Waals surface area contributed by atoms with Crippen LogP contribution in [-0.2, 0) is 0 Å². The molecule has 0 bridgehead atoms. The molecule has 0 amide bonds. The summed E-state index contributed by atoms with van der Waals surface area (Å²) in [6.07, 6.45) is 0.294. The average Bonchev–Trinajstić information content (AvgIpc) is 1.64. The van der Waals surface area contributed by atoms with E-state index in [1.807, 2.05) is 0 Å². The first-order chi connectivity index (χ1) is 3.79. The van der Waals surface area contributed by atoms with Gasteiger partial charge in [-0.2, -0.15) is 0 Å². The van der Waals surface area contributed by atoms with Gasteiger partial charge in [0, 0.05) is 6.54 Å². The first-order valence-corrected chi connectivity index (χ1v) is 3.04. The second-order valence-electron chi connectivity index (χ2n) is 1.79. The molecule has 4 heteroatoms. The van der Waals surface area contributed by atoms with Crippen molar-refractivity contribution in [1.29, 1.82) is 0 Å². The molecule has 1 rings (SSSR count). The quantitative estimate of drug-likeness (QED) is 0.308. The smallest absolute Gasteiger partial charge is 0.137 e. The minimum atomic E-state index is -0.432. The summed E-state index contributed by atoms with van der Waals surface area (Å²) >= 11 is 5.53. The van der Waals surface area contributed by atoms with E-state index < -0.39 is 6.23 Å². The minimum Gasteiger partial charge on any atom is -0.378 e. The molecule has 0 spiro atoms. The van der Waals surface area contributed by atoms with E-state index in [9.17, 15) is 0 Å². The van der Waals surface area contributed by atoms with Crippen molar-refractivity contribution < 1.29 is 5.11 Å². The third-order valence-electron chi connectivity index (χ3n) is 1.08. The molecule has 0 aliphatic carbocycles. The SMILES string of the molecule is OC1CCNC(Cl)N1. The normalized spacial score (nSPS) is 39.8. The van der Waals surface area contributed by atoms with Crippen molar-refractivity contribution in [2.45, 2.75) is 18.3 Å². The standard InChI is InChI=1S/C4H9ClN2O/c5-4-6-2-1-3(8)7-4/h3-4,6-8H,1-2H2. The number of halogens is 1. The molecule has 1 fully saturated rings. The average molecular weight is 137 g/mol. The molecule has 1 aliphatic rings. The molecule has 0 aromatic carbocycles. The molecule has 3 N–H and O–H groups in total. The number of hydrogen-bond donors (Lipinski definition) is 3. The maximum Gasteiger partial charge on any atom is 0.137 e. The second-order valence-corrected chi connectivity index (χ2v) is 2.22. The van der Waals surface area contributed by atoms with E-state index in [2.05, 4.69) is 10.6 Å². The Labute approximate surface area is 53.0 Å². The van der Waals surface area contributed by atoms with E-state index in [0.717, 1.165) is 13.0 Å². The number of aliphatic hydroxyl groups is 1. The van der Waals surface area contributed by atoms with Gasteiger partial charge in [0.25, 0.3) is 0 Å². The van der Waals surface area contributed by atoms with Gasteiger partial charge in [-0.3, -0.25) is 10.6 Å². The summed E-state index contributed by atoms with van der Waals surface area (Å²) in [7, 11) is 0. The highest BCUT2D eigenvalue weighted by atomic mass is 35.5. The highest BCUT2D eigenvalue weighted by Crippen LogP contribution is 1.97. The highest BCUT2D eigenvalue weighted by Gasteiger charge is 2.14. The fraction of sp³-hybridized carbons (Fsp3) is 1.00. The molecule has 2 unspecified atom stereocenters. The summed E-state index contributed by atoms with van der Waals surface area (Å²) in [4.78, 5) is 0. The molecular formula is C4H9ClN2O. The van der Waals surface area contributed by atoms with Crippen molar-refractivity contribution in [2.75, 3.05) is 6.54 Å². The predicted octanol–water partition coefficient (Wildman–Crippen LogP) is -0.590. The van der Waals surface area contributed by atoms with Crippen LogP contribution in [0.3, 0.4) is 0 Å². The van der Waals surface area contributed by atoms with Gasteiger partial charge in [0.2, 0.25) is 0 Å². The van der Waals surface area contributed by atoms with E-state index in [0.29, 0.717) is 0 Å². The van der Waals surface area contributed by atoms with Gasteiger partial charge in [-0.15, -0.1) is 0 Å². The maximum atomic E-state index is 8.84. The number of hydrogen-bond acceptors (Lipinski definition) is 3. The molecule has 8 heavy (non-hydrogen) atoms. The fourth-order valence-corrected chi connectivity index (χ4v) is 0.912. The molecule has 1 heterocycles. The summed E-state index contributed by atoms with van der Waals surface area (Å²) < 4.78 is 0. The Morgan fingerprint density at radius 1 is 1.62 bits per heavy atom. The third-order valence-corrected chi connectivity index (χ3v) is 1.36. The van der Waals surface area contributed by atoms with Crippen LogP contribution in [0, 0.1) is 0 Å². The van der Waals surface area contributed by atoms with Gasteiger partial charge < -0.3 is 5.11 Å². The monoisotopic (exact) mass is 136 g/mol. The molecule has 0 aromatic rings. The first-order valence-electron chi connectivity index (χ1n) is 2.60. The van der Waals surface area contributed by atoms with Crippen LogP contribution in [0.15, 0.2) is 0 Å². The predicted molar refractivity (Wildman–Crippen MR) is 31.4 cm³/mol.